The van der Waals surface area contributed by atoms with E-state index in [0.717, 1.165) is 12.1 Å². The van der Waals surface area contributed by atoms with Crippen LogP contribution in [0.1, 0.15) is 5.69 Å². The van der Waals surface area contributed by atoms with Crippen LogP contribution in [0.5, 0.6) is 0 Å². The van der Waals surface area contributed by atoms with Gasteiger partial charge in [-0.3, -0.25) is 4.68 Å². The van der Waals surface area contributed by atoms with Gasteiger partial charge in [-0.05, 0) is 6.07 Å². The van der Waals surface area contributed by atoms with Crippen molar-refractivity contribution in [2.75, 3.05) is 11.9 Å². The zero-order chi connectivity index (χ0) is 11.4. The minimum Gasteiger partial charge on any atom is -0.369 e. The number of anilines is 1. The molecule has 0 amide bonds. The molecular formula is C10H12FN5. The van der Waals surface area contributed by atoms with E-state index in [1.807, 2.05) is 19.3 Å². The molecule has 0 bridgehead atoms. The molecule has 0 unspecified atom stereocenters. The molecule has 0 aliphatic carbocycles. The third kappa shape index (κ3) is 2.75. The van der Waals surface area contributed by atoms with Crippen molar-refractivity contribution in [2.45, 2.75) is 6.42 Å². The summed E-state index contributed by atoms with van der Waals surface area (Å²) in [6.45, 7) is 0.660. The first-order chi connectivity index (χ1) is 7.74. The standard InChI is InChI=1S/C10H12FN5/c1-16-5-3-8(15-16)2-4-12-10-6-9(11)13-7-14-10/h3,5-7H,2,4H2,1H3,(H,12,13,14). The molecule has 84 valence electrons. The number of hydrogen-bond donors (Lipinski definition) is 1. The van der Waals surface area contributed by atoms with Crippen LogP contribution < -0.4 is 5.32 Å². The molecule has 0 aliphatic heterocycles. The second-order valence-electron chi connectivity index (χ2n) is 3.38. The monoisotopic (exact) mass is 221 g/mol. The second-order valence-corrected chi connectivity index (χ2v) is 3.38. The molecule has 6 heteroatoms. The first-order valence-electron chi connectivity index (χ1n) is 4.94. The molecule has 2 aromatic rings. The van der Waals surface area contributed by atoms with Crippen LogP contribution >= 0.6 is 0 Å². The number of aromatic nitrogens is 4. The highest BCUT2D eigenvalue weighted by molar-refractivity contribution is 5.32. The molecule has 2 rings (SSSR count). The molecule has 5 nitrogen and oxygen atoms in total. The van der Waals surface area contributed by atoms with E-state index in [2.05, 4.69) is 20.4 Å². The predicted octanol–water partition coefficient (Wildman–Crippen LogP) is 1.00. The molecule has 0 saturated heterocycles. The highest BCUT2D eigenvalue weighted by Gasteiger charge is 1.99. The Hall–Kier alpha value is -1.98. The summed E-state index contributed by atoms with van der Waals surface area (Å²) >= 11 is 0. The van der Waals surface area contributed by atoms with Crippen LogP contribution in [0, 0.1) is 5.95 Å². The molecule has 0 aliphatic rings. The third-order valence-corrected chi connectivity index (χ3v) is 2.09. The van der Waals surface area contributed by atoms with Gasteiger partial charge < -0.3 is 5.32 Å². The summed E-state index contributed by atoms with van der Waals surface area (Å²) < 4.78 is 14.5. The average Bonchev–Trinajstić information content (AvgIpc) is 2.64. The minimum atomic E-state index is -0.532. The van der Waals surface area contributed by atoms with Gasteiger partial charge in [0.1, 0.15) is 12.1 Å². The maximum Gasteiger partial charge on any atom is 0.217 e. The van der Waals surface area contributed by atoms with Crippen molar-refractivity contribution in [3.05, 3.63) is 36.3 Å². The van der Waals surface area contributed by atoms with Crippen molar-refractivity contribution in [3.8, 4) is 0 Å². The Morgan fingerprint density at radius 3 is 3.00 bits per heavy atom. The SMILES string of the molecule is Cn1ccc(CCNc2cc(F)ncn2)n1. The molecule has 2 heterocycles. The molecule has 0 radical (unpaired) electrons. The molecular weight excluding hydrogens is 209 g/mol. The summed E-state index contributed by atoms with van der Waals surface area (Å²) in [7, 11) is 1.87. The van der Waals surface area contributed by atoms with E-state index in [0.29, 0.717) is 12.4 Å². The fourth-order valence-electron chi connectivity index (χ4n) is 1.35. The number of aryl methyl sites for hydroxylation is 1. The molecule has 1 N–H and O–H groups in total. The summed E-state index contributed by atoms with van der Waals surface area (Å²) in [5, 5.41) is 7.23. The fraction of sp³-hybridized carbons (Fsp3) is 0.300. The van der Waals surface area contributed by atoms with Gasteiger partial charge in [0.2, 0.25) is 5.95 Å². The van der Waals surface area contributed by atoms with Gasteiger partial charge in [-0.2, -0.15) is 9.49 Å². The van der Waals surface area contributed by atoms with E-state index in [1.54, 1.807) is 4.68 Å². The Kier molecular flexibility index (Phi) is 3.09. The first-order valence-corrected chi connectivity index (χ1v) is 4.94. The quantitative estimate of drug-likeness (QED) is 0.783. The Morgan fingerprint density at radius 2 is 2.31 bits per heavy atom. The van der Waals surface area contributed by atoms with E-state index < -0.39 is 5.95 Å². The van der Waals surface area contributed by atoms with Crippen molar-refractivity contribution in [1.82, 2.24) is 19.7 Å². The molecule has 16 heavy (non-hydrogen) atoms. The molecule has 0 spiro atoms. The van der Waals surface area contributed by atoms with Crippen LogP contribution in [-0.4, -0.2) is 26.3 Å². The van der Waals surface area contributed by atoms with Gasteiger partial charge >= 0.3 is 0 Å². The molecule has 0 saturated carbocycles. The van der Waals surface area contributed by atoms with Crippen LogP contribution in [0.3, 0.4) is 0 Å². The van der Waals surface area contributed by atoms with E-state index >= 15 is 0 Å². The van der Waals surface area contributed by atoms with Crippen molar-refractivity contribution >= 4 is 5.82 Å². The number of hydrogen-bond acceptors (Lipinski definition) is 4. The lowest BCUT2D eigenvalue weighted by atomic mass is 10.3. The predicted molar refractivity (Wildman–Crippen MR) is 57.4 cm³/mol. The maximum atomic E-state index is 12.7. The molecule has 2 aromatic heterocycles. The Bertz CT molecular complexity index is 468. The van der Waals surface area contributed by atoms with Gasteiger partial charge in [-0.25, -0.2) is 9.97 Å². The van der Waals surface area contributed by atoms with Crippen LogP contribution in [0.4, 0.5) is 10.2 Å². The molecule has 0 atom stereocenters. The summed E-state index contributed by atoms with van der Waals surface area (Å²) in [6, 6.07) is 3.21. The summed E-state index contributed by atoms with van der Waals surface area (Å²) in [4.78, 5) is 7.26. The first kappa shape index (κ1) is 10.5. The van der Waals surface area contributed by atoms with Gasteiger partial charge in [0, 0.05) is 32.3 Å². The lowest BCUT2D eigenvalue weighted by Crippen LogP contribution is -2.07. The van der Waals surface area contributed by atoms with Crippen LogP contribution in [0.15, 0.2) is 24.7 Å². The third-order valence-electron chi connectivity index (χ3n) is 2.09. The largest absolute Gasteiger partial charge is 0.369 e. The van der Waals surface area contributed by atoms with E-state index in [9.17, 15) is 4.39 Å². The number of rotatable bonds is 4. The van der Waals surface area contributed by atoms with Crippen molar-refractivity contribution in [2.24, 2.45) is 7.05 Å². The number of nitrogens with zero attached hydrogens (tertiary/aromatic N) is 4. The second kappa shape index (κ2) is 4.69. The van der Waals surface area contributed by atoms with Crippen LogP contribution in [-0.2, 0) is 13.5 Å². The van der Waals surface area contributed by atoms with Gasteiger partial charge in [-0.1, -0.05) is 0 Å². The fourth-order valence-corrected chi connectivity index (χ4v) is 1.35. The normalized spacial score (nSPS) is 10.4. The maximum absolute atomic E-state index is 12.7. The van der Waals surface area contributed by atoms with Crippen molar-refractivity contribution < 1.29 is 4.39 Å². The topological polar surface area (TPSA) is 55.6 Å². The lowest BCUT2D eigenvalue weighted by Gasteiger charge is -2.02. The van der Waals surface area contributed by atoms with Crippen LogP contribution in [0.2, 0.25) is 0 Å². The Labute approximate surface area is 92.3 Å². The minimum absolute atomic E-state index is 0.489. The van der Waals surface area contributed by atoms with Crippen LogP contribution in [0.25, 0.3) is 0 Å². The average molecular weight is 221 g/mol. The van der Waals surface area contributed by atoms with Gasteiger partial charge in [0.15, 0.2) is 0 Å². The van der Waals surface area contributed by atoms with Gasteiger partial charge in [0.25, 0.3) is 0 Å². The Morgan fingerprint density at radius 1 is 1.44 bits per heavy atom. The smallest absolute Gasteiger partial charge is 0.217 e. The summed E-state index contributed by atoms with van der Waals surface area (Å²) in [5.74, 6) is -0.0428. The zero-order valence-corrected chi connectivity index (χ0v) is 8.89. The zero-order valence-electron chi connectivity index (χ0n) is 8.89. The van der Waals surface area contributed by atoms with E-state index in [4.69, 9.17) is 0 Å². The lowest BCUT2D eigenvalue weighted by molar-refractivity contribution is 0.580. The number of nitrogens with one attached hydrogen (secondary N) is 1. The number of halogens is 1. The highest BCUT2D eigenvalue weighted by Crippen LogP contribution is 2.02. The van der Waals surface area contributed by atoms with Crippen molar-refractivity contribution in [3.63, 3.8) is 0 Å². The molecule has 0 fully saturated rings. The molecule has 0 aromatic carbocycles. The highest BCUT2D eigenvalue weighted by atomic mass is 19.1. The summed E-state index contributed by atoms with van der Waals surface area (Å²) in [5.41, 5.74) is 0.990. The van der Waals surface area contributed by atoms with E-state index in [-0.39, 0.29) is 0 Å². The Balaban J connectivity index is 1.84. The van der Waals surface area contributed by atoms with Gasteiger partial charge in [0.05, 0.1) is 5.69 Å². The van der Waals surface area contributed by atoms with E-state index in [1.165, 1.54) is 12.4 Å². The van der Waals surface area contributed by atoms with Gasteiger partial charge in [-0.15, -0.1) is 0 Å². The summed E-state index contributed by atoms with van der Waals surface area (Å²) in [6.07, 6.45) is 3.85. The van der Waals surface area contributed by atoms with Crippen molar-refractivity contribution in [1.29, 1.82) is 0 Å².